The van der Waals surface area contributed by atoms with Gasteiger partial charge in [-0.2, -0.15) is 0 Å². The van der Waals surface area contributed by atoms with Crippen molar-refractivity contribution >= 4 is 18.0 Å². The van der Waals surface area contributed by atoms with Crippen molar-refractivity contribution in [3.63, 3.8) is 0 Å². The van der Waals surface area contributed by atoms with Gasteiger partial charge in [0, 0.05) is 18.9 Å². The number of carboxylic acid groups (broad SMARTS) is 1. The van der Waals surface area contributed by atoms with Gasteiger partial charge in [0.25, 0.3) is 0 Å². The predicted molar refractivity (Wildman–Crippen MR) is 125 cm³/mol. The molecule has 34 heavy (non-hydrogen) atoms. The van der Waals surface area contributed by atoms with E-state index in [0.29, 0.717) is 12.8 Å². The smallest absolute Gasteiger partial charge is 0.407 e. The minimum Gasteiger partial charge on any atom is -0.480 e. The third kappa shape index (κ3) is 4.77. The molecule has 8 nitrogen and oxygen atoms in total. The van der Waals surface area contributed by atoms with Crippen LogP contribution in [0.1, 0.15) is 49.7 Å². The van der Waals surface area contributed by atoms with E-state index in [0.717, 1.165) is 33.6 Å². The first kappa shape index (κ1) is 23.8. The monoisotopic (exact) mass is 466 g/mol. The zero-order valence-electron chi connectivity index (χ0n) is 19.1. The maximum Gasteiger partial charge on any atom is 0.407 e. The molecule has 1 heterocycles. The van der Waals surface area contributed by atoms with E-state index in [1.165, 1.54) is 0 Å². The van der Waals surface area contributed by atoms with Crippen molar-refractivity contribution in [3.05, 3.63) is 59.7 Å². The Kier molecular flexibility index (Phi) is 7.17. The Bertz CT molecular complexity index is 1030. The Balaban J connectivity index is 1.44. The van der Waals surface area contributed by atoms with Gasteiger partial charge in [0.2, 0.25) is 5.91 Å². The van der Waals surface area contributed by atoms with Gasteiger partial charge in [0.05, 0.1) is 6.10 Å². The van der Waals surface area contributed by atoms with Crippen LogP contribution in [0.25, 0.3) is 11.1 Å². The van der Waals surface area contributed by atoms with E-state index in [2.05, 4.69) is 17.4 Å². The minimum atomic E-state index is -1.17. The summed E-state index contributed by atoms with van der Waals surface area (Å²) in [6.45, 7) is 2.02. The number of carbonyl (C=O) groups is 3. The van der Waals surface area contributed by atoms with Crippen LogP contribution in [0, 0.1) is 0 Å². The molecular weight excluding hydrogens is 436 g/mol. The number of hydrogen-bond donors (Lipinski definition) is 3. The van der Waals surface area contributed by atoms with Gasteiger partial charge in [-0.3, -0.25) is 4.79 Å². The summed E-state index contributed by atoms with van der Waals surface area (Å²) in [5, 5.41) is 22.0. The van der Waals surface area contributed by atoms with Crippen molar-refractivity contribution in [3.8, 4) is 11.1 Å². The SMILES string of the molecule is CCCC[C@H](NC(=O)OCC1c2ccccc2-c2ccccc21)C(=O)N1C[C@H](O)C[C@@H]1C(=O)O. The minimum absolute atomic E-state index is 0.0213. The van der Waals surface area contributed by atoms with Gasteiger partial charge in [0.1, 0.15) is 18.7 Å². The highest BCUT2D eigenvalue weighted by Crippen LogP contribution is 2.44. The summed E-state index contributed by atoms with van der Waals surface area (Å²) in [5.74, 6) is -1.78. The third-order valence-corrected chi connectivity index (χ3v) is 6.63. The normalized spacial score (nSPS) is 19.9. The molecule has 1 fully saturated rings. The van der Waals surface area contributed by atoms with Crippen molar-refractivity contribution in [2.24, 2.45) is 0 Å². The molecule has 3 atom stereocenters. The van der Waals surface area contributed by atoms with Crippen LogP contribution in [-0.2, 0) is 14.3 Å². The summed E-state index contributed by atoms with van der Waals surface area (Å²) in [4.78, 5) is 38.5. The number of aliphatic hydroxyl groups excluding tert-OH is 1. The van der Waals surface area contributed by atoms with E-state index in [-0.39, 0.29) is 25.5 Å². The number of ether oxygens (including phenoxy) is 1. The van der Waals surface area contributed by atoms with Crippen LogP contribution in [0.3, 0.4) is 0 Å². The number of unbranched alkanes of at least 4 members (excludes halogenated alkanes) is 1. The number of alkyl carbamates (subject to hydrolysis) is 1. The zero-order valence-corrected chi connectivity index (χ0v) is 19.1. The van der Waals surface area contributed by atoms with Gasteiger partial charge in [-0.1, -0.05) is 68.3 Å². The molecule has 2 amide bonds. The average molecular weight is 467 g/mol. The number of aliphatic hydroxyl groups is 1. The van der Waals surface area contributed by atoms with Crippen LogP contribution < -0.4 is 5.32 Å². The number of likely N-dealkylation sites (tertiary alicyclic amines) is 1. The fourth-order valence-corrected chi connectivity index (χ4v) is 4.94. The summed E-state index contributed by atoms with van der Waals surface area (Å²) in [7, 11) is 0. The number of carbonyl (C=O) groups excluding carboxylic acids is 2. The van der Waals surface area contributed by atoms with Crippen molar-refractivity contribution in [1.82, 2.24) is 10.2 Å². The average Bonchev–Trinajstić information content (AvgIpc) is 3.38. The molecule has 3 N–H and O–H groups in total. The van der Waals surface area contributed by atoms with Crippen molar-refractivity contribution < 1.29 is 29.3 Å². The number of hydrogen-bond acceptors (Lipinski definition) is 5. The van der Waals surface area contributed by atoms with E-state index in [1.807, 2.05) is 43.3 Å². The fourth-order valence-electron chi connectivity index (χ4n) is 4.94. The van der Waals surface area contributed by atoms with Crippen molar-refractivity contribution in [2.45, 2.75) is 56.7 Å². The lowest BCUT2D eigenvalue weighted by Gasteiger charge is -2.27. The van der Waals surface area contributed by atoms with Crippen LogP contribution in [0.2, 0.25) is 0 Å². The summed E-state index contributed by atoms with van der Waals surface area (Å²) in [5.41, 5.74) is 4.42. The molecule has 2 aliphatic rings. The lowest BCUT2D eigenvalue weighted by atomic mass is 9.98. The number of rotatable bonds is 8. The first-order chi connectivity index (χ1) is 16.4. The lowest BCUT2D eigenvalue weighted by molar-refractivity contribution is -0.149. The molecule has 8 heteroatoms. The van der Waals surface area contributed by atoms with E-state index < -0.39 is 36.2 Å². The maximum absolute atomic E-state index is 13.1. The number of amides is 2. The Morgan fingerprint density at radius 2 is 1.71 bits per heavy atom. The first-order valence-electron chi connectivity index (χ1n) is 11.7. The van der Waals surface area contributed by atoms with Crippen LogP contribution in [0.4, 0.5) is 4.79 Å². The van der Waals surface area contributed by atoms with Gasteiger partial charge in [-0.15, -0.1) is 0 Å². The topological polar surface area (TPSA) is 116 Å². The van der Waals surface area contributed by atoms with Crippen LogP contribution in [0.5, 0.6) is 0 Å². The maximum atomic E-state index is 13.1. The van der Waals surface area contributed by atoms with Crippen LogP contribution in [-0.4, -0.2) is 64.4 Å². The van der Waals surface area contributed by atoms with Crippen molar-refractivity contribution in [2.75, 3.05) is 13.2 Å². The lowest BCUT2D eigenvalue weighted by Crippen LogP contribution is -2.52. The number of aliphatic carboxylic acids is 1. The molecule has 1 saturated heterocycles. The standard InChI is InChI=1S/C26H30N2O6/c1-2-3-12-22(24(30)28-14-16(29)13-23(28)25(31)32)27-26(33)34-15-21-19-10-6-4-8-17(19)18-9-5-7-11-20(18)21/h4-11,16,21-23,29H,2-3,12-15H2,1H3,(H,27,33)(H,31,32)/t16-,22+,23-/m1/s1. The number of fused-ring (bicyclic) bond motifs is 3. The summed E-state index contributed by atoms with van der Waals surface area (Å²) in [6, 6.07) is 14.0. The van der Waals surface area contributed by atoms with Crippen LogP contribution in [0.15, 0.2) is 48.5 Å². The number of nitrogens with zero attached hydrogens (tertiary/aromatic N) is 1. The molecule has 180 valence electrons. The van der Waals surface area contributed by atoms with E-state index in [9.17, 15) is 24.6 Å². The largest absolute Gasteiger partial charge is 0.480 e. The third-order valence-electron chi connectivity index (χ3n) is 6.63. The van der Waals surface area contributed by atoms with Gasteiger partial charge in [0.15, 0.2) is 0 Å². The molecule has 1 aliphatic carbocycles. The molecule has 0 unspecified atom stereocenters. The molecule has 2 aromatic carbocycles. The highest BCUT2D eigenvalue weighted by Gasteiger charge is 2.41. The summed E-state index contributed by atoms with van der Waals surface area (Å²) in [6.07, 6.45) is 0.203. The van der Waals surface area contributed by atoms with Gasteiger partial charge < -0.3 is 25.2 Å². The van der Waals surface area contributed by atoms with Crippen molar-refractivity contribution in [1.29, 1.82) is 0 Å². The number of nitrogens with one attached hydrogen (secondary N) is 1. The van der Waals surface area contributed by atoms with Gasteiger partial charge in [-0.25, -0.2) is 9.59 Å². The number of carboxylic acids is 1. The second-order valence-electron chi connectivity index (χ2n) is 8.90. The molecular formula is C26H30N2O6. The molecule has 2 aromatic rings. The van der Waals surface area contributed by atoms with Gasteiger partial charge in [-0.05, 0) is 28.7 Å². The first-order valence-corrected chi connectivity index (χ1v) is 11.7. The van der Waals surface area contributed by atoms with Crippen LogP contribution >= 0.6 is 0 Å². The van der Waals surface area contributed by atoms with Gasteiger partial charge >= 0.3 is 12.1 Å². The highest BCUT2D eigenvalue weighted by atomic mass is 16.5. The highest BCUT2D eigenvalue weighted by molar-refractivity contribution is 5.90. The second-order valence-corrected chi connectivity index (χ2v) is 8.90. The quantitative estimate of drug-likeness (QED) is 0.551. The Morgan fingerprint density at radius 3 is 2.29 bits per heavy atom. The molecule has 0 saturated carbocycles. The number of benzene rings is 2. The second kappa shape index (κ2) is 10.3. The summed E-state index contributed by atoms with van der Waals surface area (Å²) >= 11 is 0. The zero-order chi connectivity index (χ0) is 24.2. The summed E-state index contributed by atoms with van der Waals surface area (Å²) < 4.78 is 5.57. The molecule has 0 bridgehead atoms. The molecule has 0 spiro atoms. The Morgan fingerprint density at radius 1 is 1.09 bits per heavy atom. The van der Waals surface area contributed by atoms with E-state index >= 15 is 0 Å². The molecule has 4 rings (SSSR count). The Hall–Kier alpha value is -3.39. The number of β-amino-alcohol motifs (C(OH)–C–C–N with tert-alkyl or cyclic N) is 1. The van der Waals surface area contributed by atoms with E-state index in [4.69, 9.17) is 4.74 Å². The van der Waals surface area contributed by atoms with E-state index in [1.54, 1.807) is 0 Å². The Labute approximate surface area is 198 Å². The molecule has 0 aromatic heterocycles. The predicted octanol–water partition coefficient (Wildman–Crippen LogP) is 3.13. The molecule has 1 aliphatic heterocycles. The fraction of sp³-hybridized carbons (Fsp3) is 0.423. The molecule has 0 radical (unpaired) electrons.